The Morgan fingerprint density at radius 2 is 2.18 bits per heavy atom. The fourth-order valence-corrected chi connectivity index (χ4v) is 5.77. The van der Waals surface area contributed by atoms with Crippen LogP contribution in [0.2, 0.25) is 0 Å². The minimum Gasteiger partial charge on any atom is -0.302 e. The first kappa shape index (κ1) is 19.4. The third kappa shape index (κ3) is 4.56. The number of carbonyl (C=O) groups excluding carboxylic acids is 1. The number of hydrogen-bond acceptors (Lipinski definition) is 7. The van der Waals surface area contributed by atoms with Crippen molar-refractivity contribution in [2.75, 3.05) is 18.4 Å². The Morgan fingerprint density at radius 3 is 3.00 bits per heavy atom. The van der Waals surface area contributed by atoms with E-state index in [2.05, 4.69) is 38.2 Å². The summed E-state index contributed by atoms with van der Waals surface area (Å²) in [6.45, 7) is 6.78. The zero-order valence-electron chi connectivity index (χ0n) is 16.3. The molecule has 0 aliphatic carbocycles. The summed E-state index contributed by atoms with van der Waals surface area (Å²) in [5, 5.41) is 3.45. The topological polar surface area (TPSA) is 71.0 Å². The molecule has 1 amide bonds. The zero-order chi connectivity index (χ0) is 19.5. The number of aryl methyl sites for hydroxylation is 1. The Morgan fingerprint density at radius 1 is 1.29 bits per heavy atom. The van der Waals surface area contributed by atoms with Gasteiger partial charge in [0, 0.05) is 36.0 Å². The minimum absolute atomic E-state index is 0.0742. The van der Waals surface area contributed by atoms with Gasteiger partial charge in [-0.2, -0.15) is 0 Å². The van der Waals surface area contributed by atoms with Crippen LogP contribution in [-0.4, -0.2) is 38.8 Å². The maximum Gasteiger partial charge on any atom is 0.223 e. The molecule has 0 saturated carbocycles. The predicted octanol–water partition coefficient (Wildman–Crippen LogP) is 4.12. The van der Waals surface area contributed by atoms with E-state index in [4.69, 9.17) is 0 Å². The highest BCUT2D eigenvalue weighted by Gasteiger charge is 2.22. The fraction of sp³-hybridized carbons (Fsp3) is 0.500. The van der Waals surface area contributed by atoms with Crippen molar-refractivity contribution in [3.63, 3.8) is 0 Å². The van der Waals surface area contributed by atoms with Crippen molar-refractivity contribution in [3.8, 4) is 0 Å². The number of carbonyl (C=O) groups is 1. The largest absolute Gasteiger partial charge is 0.302 e. The van der Waals surface area contributed by atoms with Crippen LogP contribution in [-0.2, 0) is 24.2 Å². The second-order valence-electron chi connectivity index (χ2n) is 7.36. The molecule has 4 heterocycles. The lowest BCUT2D eigenvalue weighted by Crippen LogP contribution is -2.35. The molecule has 1 unspecified atom stereocenters. The van der Waals surface area contributed by atoms with E-state index in [9.17, 15) is 4.79 Å². The van der Waals surface area contributed by atoms with E-state index in [0.29, 0.717) is 11.0 Å². The number of aromatic nitrogens is 3. The van der Waals surface area contributed by atoms with Gasteiger partial charge in [-0.15, -0.1) is 22.7 Å². The molecule has 1 saturated heterocycles. The second-order valence-corrected chi connectivity index (χ2v) is 9.61. The normalized spacial score (nSPS) is 17.9. The Hall–Kier alpha value is -1.90. The number of hydrogen-bond donors (Lipinski definition) is 1. The maximum absolute atomic E-state index is 11.2. The van der Waals surface area contributed by atoms with Crippen molar-refractivity contribution in [2.24, 2.45) is 5.92 Å². The molecule has 1 aliphatic rings. The molecule has 0 aromatic carbocycles. The Labute approximate surface area is 173 Å². The third-order valence-electron chi connectivity index (χ3n) is 5.09. The molecular formula is C20H25N5OS2. The van der Waals surface area contributed by atoms with Crippen LogP contribution < -0.4 is 5.32 Å². The summed E-state index contributed by atoms with van der Waals surface area (Å²) < 4.78 is 1.26. The Kier molecular flexibility index (Phi) is 5.99. The summed E-state index contributed by atoms with van der Waals surface area (Å²) in [5.74, 6) is 0.539. The van der Waals surface area contributed by atoms with Gasteiger partial charge < -0.3 is 5.32 Å². The quantitative estimate of drug-likeness (QED) is 0.656. The highest BCUT2D eigenvalue weighted by molar-refractivity contribution is 7.19. The monoisotopic (exact) mass is 415 g/mol. The number of thiazole rings is 1. The molecule has 4 rings (SSSR count). The smallest absolute Gasteiger partial charge is 0.223 e. The molecule has 148 valence electrons. The lowest BCUT2D eigenvalue weighted by atomic mass is 9.93. The van der Waals surface area contributed by atoms with Gasteiger partial charge in [0.2, 0.25) is 5.91 Å². The summed E-state index contributed by atoms with van der Waals surface area (Å²) in [5.41, 5.74) is 2.29. The van der Waals surface area contributed by atoms with Crippen molar-refractivity contribution in [1.82, 2.24) is 19.9 Å². The standard InChI is InChI=1S/C20H25N5OS2/c1-3-15-8-18-19(27-15)17(22-12-23-18)7-14-5-4-6-25(10-14)11-16-9-21-20(28-16)24-13(2)26/h8-9,12,14H,3-7,10-11H2,1-2H3,(H,21,24,26). The van der Waals surface area contributed by atoms with E-state index in [1.807, 2.05) is 17.5 Å². The zero-order valence-corrected chi connectivity index (χ0v) is 17.9. The second kappa shape index (κ2) is 8.63. The summed E-state index contributed by atoms with van der Waals surface area (Å²) >= 11 is 3.41. The van der Waals surface area contributed by atoms with Crippen LogP contribution in [0.5, 0.6) is 0 Å². The van der Waals surface area contributed by atoms with Crippen molar-refractivity contribution < 1.29 is 4.79 Å². The number of likely N-dealkylation sites (tertiary alicyclic amines) is 1. The van der Waals surface area contributed by atoms with Gasteiger partial charge >= 0.3 is 0 Å². The number of amides is 1. The average Bonchev–Trinajstić information content (AvgIpc) is 3.28. The van der Waals surface area contributed by atoms with E-state index >= 15 is 0 Å². The number of nitrogens with zero attached hydrogens (tertiary/aromatic N) is 4. The maximum atomic E-state index is 11.2. The van der Waals surface area contributed by atoms with E-state index in [1.54, 1.807) is 17.7 Å². The first-order valence-corrected chi connectivity index (χ1v) is 11.4. The molecule has 6 nitrogen and oxygen atoms in total. The highest BCUT2D eigenvalue weighted by atomic mass is 32.1. The third-order valence-corrected chi connectivity index (χ3v) is 7.30. The minimum atomic E-state index is -0.0742. The lowest BCUT2D eigenvalue weighted by Gasteiger charge is -2.32. The molecule has 1 aliphatic heterocycles. The van der Waals surface area contributed by atoms with Gasteiger partial charge in [-0.05, 0) is 44.2 Å². The fourth-order valence-electron chi connectivity index (χ4n) is 3.82. The van der Waals surface area contributed by atoms with Gasteiger partial charge in [0.25, 0.3) is 0 Å². The first-order valence-electron chi connectivity index (χ1n) is 9.77. The molecule has 1 fully saturated rings. The van der Waals surface area contributed by atoms with Gasteiger partial charge in [0.1, 0.15) is 6.33 Å². The Bertz CT molecular complexity index is 967. The van der Waals surface area contributed by atoms with Crippen LogP contribution in [0.25, 0.3) is 10.2 Å². The summed E-state index contributed by atoms with van der Waals surface area (Å²) in [6.07, 6.45) is 8.11. The molecule has 8 heteroatoms. The van der Waals surface area contributed by atoms with E-state index in [-0.39, 0.29) is 5.91 Å². The van der Waals surface area contributed by atoms with Crippen LogP contribution in [0.15, 0.2) is 18.6 Å². The van der Waals surface area contributed by atoms with E-state index in [1.165, 1.54) is 39.9 Å². The van der Waals surface area contributed by atoms with Crippen molar-refractivity contribution in [2.45, 2.75) is 46.1 Å². The number of anilines is 1. The number of nitrogens with one attached hydrogen (secondary N) is 1. The molecule has 0 radical (unpaired) electrons. The van der Waals surface area contributed by atoms with Gasteiger partial charge in [-0.3, -0.25) is 9.69 Å². The molecule has 3 aromatic rings. The molecule has 1 atom stereocenters. The molecule has 0 bridgehead atoms. The molecular weight excluding hydrogens is 390 g/mol. The van der Waals surface area contributed by atoms with Gasteiger partial charge in [0.05, 0.1) is 15.9 Å². The number of thiophene rings is 1. The van der Waals surface area contributed by atoms with Crippen LogP contribution in [0.1, 0.15) is 42.1 Å². The summed E-state index contributed by atoms with van der Waals surface area (Å²) in [7, 11) is 0. The van der Waals surface area contributed by atoms with E-state index < -0.39 is 0 Å². The van der Waals surface area contributed by atoms with E-state index in [0.717, 1.165) is 38.0 Å². The first-order chi connectivity index (χ1) is 13.6. The van der Waals surface area contributed by atoms with Gasteiger partial charge in [0.15, 0.2) is 5.13 Å². The van der Waals surface area contributed by atoms with Crippen molar-refractivity contribution in [3.05, 3.63) is 34.0 Å². The van der Waals surface area contributed by atoms with Crippen molar-refractivity contribution in [1.29, 1.82) is 0 Å². The van der Waals surface area contributed by atoms with Crippen LogP contribution in [0.4, 0.5) is 5.13 Å². The summed E-state index contributed by atoms with van der Waals surface area (Å²) in [4.78, 5) is 29.6. The molecule has 3 aromatic heterocycles. The number of fused-ring (bicyclic) bond motifs is 1. The molecule has 1 N–H and O–H groups in total. The van der Waals surface area contributed by atoms with Gasteiger partial charge in [-0.1, -0.05) is 6.92 Å². The Balaban J connectivity index is 1.41. The predicted molar refractivity (Wildman–Crippen MR) is 115 cm³/mol. The van der Waals surface area contributed by atoms with Gasteiger partial charge in [-0.25, -0.2) is 15.0 Å². The highest BCUT2D eigenvalue weighted by Crippen LogP contribution is 2.30. The number of piperidine rings is 1. The number of rotatable bonds is 6. The van der Waals surface area contributed by atoms with Crippen LogP contribution in [0, 0.1) is 5.92 Å². The van der Waals surface area contributed by atoms with Crippen molar-refractivity contribution >= 4 is 43.9 Å². The lowest BCUT2D eigenvalue weighted by molar-refractivity contribution is -0.114. The molecule has 0 spiro atoms. The van der Waals surface area contributed by atoms with Crippen LogP contribution in [0.3, 0.4) is 0 Å². The SMILES string of the molecule is CCc1cc2ncnc(CC3CCCN(Cc4cnc(NC(C)=O)s4)C3)c2s1. The van der Waals surface area contributed by atoms with Crippen LogP contribution >= 0.6 is 22.7 Å². The molecule has 28 heavy (non-hydrogen) atoms. The average molecular weight is 416 g/mol. The summed E-state index contributed by atoms with van der Waals surface area (Å²) in [6, 6.07) is 2.20.